The molecule has 0 bridgehead atoms. The zero-order valence-electron chi connectivity index (χ0n) is 10.6. The van der Waals surface area contributed by atoms with Crippen LogP contribution in [0.1, 0.15) is 18.5 Å². The molecule has 2 aromatic rings. The normalized spacial score (nSPS) is 12.3. The molecular formula is C14H17N3O2. The second-order valence-corrected chi connectivity index (χ2v) is 4.48. The molecule has 19 heavy (non-hydrogen) atoms. The lowest BCUT2D eigenvalue weighted by atomic mass is 10.1. The lowest BCUT2D eigenvalue weighted by Gasteiger charge is -2.07. The van der Waals surface area contributed by atoms with Crippen LogP contribution in [0.2, 0.25) is 0 Å². The number of para-hydroxylation sites is 1. The number of nitrogens with two attached hydrogens (primary N) is 1. The van der Waals surface area contributed by atoms with Gasteiger partial charge in [0.25, 0.3) is 0 Å². The molecule has 0 radical (unpaired) electrons. The van der Waals surface area contributed by atoms with Crippen molar-refractivity contribution >= 4 is 5.97 Å². The van der Waals surface area contributed by atoms with Gasteiger partial charge in [-0.3, -0.25) is 4.79 Å². The van der Waals surface area contributed by atoms with Crippen molar-refractivity contribution in [3.8, 4) is 5.69 Å². The van der Waals surface area contributed by atoms with Gasteiger partial charge < -0.3 is 10.8 Å². The van der Waals surface area contributed by atoms with E-state index in [2.05, 4.69) is 5.10 Å². The molecule has 100 valence electrons. The van der Waals surface area contributed by atoms with Crippen molar-refractivity contribution in [2.75, 3.05) is 0 Å². The number of aromatic nitrogens is 2. The number of carbonyl (C=O) groups is 1. The first-order valence-electron chi connectivity index (χ1n) is 6.22. The average molecular weight is 259 g/mol. The van der Waals surface area contributed by atoms with Crippen LogP contribution in [0.4, 0.5) is 0 Å². The number of rotatable bonds is 6. The van der Waals surface area contributed by atoms with E-state index < -0.39 is 5.97 Å². The van der Waals surface area contributed by atoms with Crippen LogP contribution in [-0.4, -0.2) is 26.9 Å². The molecule has 1 atom stereocenters. The van der Waals surface area contributed by atoms with Gasteiger partial charge in [-0.15, -0.1) is 0 Å². The molecule has 1 unspecified atom stereocenters. The third-order valence-electron chi connectivity index (χ3n) is 2.87. The number of carboxylic acid groups (broad SMARTS) is 1. The van der Waals surface area contributed by atoms with Crippen LogP contribution in [-0.2, 0) is 11.2 Å². The van der Waals surface area contributed by atoms with Crippen LogP contribution >= 0.6 is 0 Å². The molecule has 0 saturated carbocycles. The quantitative estimate of drug-likeness (QED) is 0.825. The summed E-state index contributed by atoms with van der Waals surface area (Å²) in [5.74, 6) is -0.815. The fourth-order valence-corrected chi connectivity index (χ4v) is 1.87. The van der Waals surface area contributed by atoms with Crippen molar-refractivity contribution in [1.29, 1.82) is 0 Å². The molecule has 0 amide bonds. The summed E-state index contributed by atoms with van der Waals surface area (Å²) in [6.45, 7) is 0. The van der Waals surface area contributed by atoms with Gasteiger partial charge in [-0.1, -0.05) is 18.2 Å². The smallest absolute Gasteiger partial charge is 0.303 e. The molecule has 5 heteroatoms. The topological polar surface area (TPSA) is 81.1 Å². The van der Waals surface area contributed by atoms with Crippen LogP contribution in [0.3, 0.4) is 0 Å². The number of aliphatic carboxylic acids is 1. The van der Waals surface area contributed by atoms with Crippen LogP contribution < -0.4 is 5.73 Å². The molecule has 1 heterocycles. The highest BCUT2D eigenvalue weighted by atomic mass is 16.4. The Kier molecular flexibility index (Phi) is 4.30. The minimum absolute atomic E-state index is 0.0978. The van der Waals surface area contributed by atoms with Gasteiger partial charge in [-0.05, 0) is 24.6 Å². The minimum atomic E-state index is -0.815. The number of carboxylic acids is 1. The van der Waals surface area contributed by atoms with Gasteiger partial charge in [0.05, 0.1) is 11.4 Å². The van der Waals surface area contributed by atoms with E-state index in [9.17, 15) is 4.79 Å². The predicted molar refractivity (Wildman–Crippen MR) is 72.1 cm³/mol. The van der Waals surface area contributed by atoms with E-state index in [1.165, 1.54) is 0 Å². The Labute approximate surface area is 111 Å². The first-order chi connectivity index (χ1) is 9.15. The van der Waals surface area contributed by atoms with Gasteiger partial charge in [0.15, 0.2) is 0 Å². The Balaban J connectivity index is 1.96. The summed E-state index contributed by atoms with van der Waals surface area (Å²) in [6.07, 6.45) is 3.04. The van der Waals surface area contributed by atoms with Crippen LogP contribution in [0.25, 0.3) is 5.69 Å². The fourth-order valence-electron chi connectivity index (χ4n) is 1.87. The summed E-state index contributed by atoms with van der Waals surface area (Å²) in [4.78, 5) is 10.5. The molecule has 0 aliphatic heterocycles. The number of hydrogen-bond donors (Lipinski definition) is 2. The zero-order chi connectivity index (χ0) is 13.7. The maximum absolute atomic E-state index is 10.5. The molecule has 1 aromatic heterocycles. The molecule has 2 rings (SSSR count). The lowest BCUT2D eigenvalue weighted by molar-refractivity contribution is -0.137. The van der Waals surface area contributed by atoms with E-state index in [0.29, 0.717) is 12.8 Å². The summed E-state index contributed by atoms with van der Waals surface area (Å²) >= 11 is 0. The summed E-state index contributed by atoms with van der Waals surface area (Å²) in [5.41, 5.74) is 7.76. The lowest BCUT2D eigenvalue weighted by Crippen LogP contribution is -2.24. The highest BCUT2D eigenvalue weighted by molar-refractivity contribution is 5.66. The van der Waals surface area contributed by atoms with Crippen LogP contribution in [0.15, 0.2) is 42.6 Å². The second-order valence-electron chi connectivity index (χ2n) is 4.48. The first kappa shape index (κ1) is 13.3. The van der Waals surface area contributed by atoms with E-state index in [1.54, 1.807) is 4.68 Å². The van der Waals surface area contributed by atoms with Crippen molar-refractivity contribution in [2.24, 2.45) is 5.73 Å². The van der Waals surface area contributed by atoms with Crippen molar-refractivity contribution in [3.63, 3.8) is 0 Å². The molecule has 0 fully saturated rings. The van der Waals surface area contributed by atoms with Crippen molar-refractivity contribution in [1.82, 2.24) is 9.78 Å². The highest BCUT2D eigenvalue weighted by Gasteiger charge is 2.09. The van der Waals surface area contributed by atoms with E-state index in [1.807, 2.05) is 42.6 Å². The largest absolute Gasteiger partial charge is 0.481 e. The molecule has 3 N–H and O–H groups in total. The third-order valence-corrected chi connectivity index (χ3v) is 2.87. The van der Waals surface area contributed by atoms with E-state index >= 15 is 0 Å². The molecular weight excluding hydrogens is 242 g/mol. The Bertz CT molecular complexity index is 537. The predicted octanol–water partition coefficient (Wildman–Crippen LogP) is 1.61. The van der Waals surface area contributed by atoms with Crippen LogP contribution in [0, 0.1) is 0 Å². The number of nitrogens with zero attached hydrogens (tertiary/aromatic N) is 2. The number of hydrogen-bond acceptors (Lipinski definition) is 3. The number of benzene rings is 1. The molecule has 1 aromatic carbocycles. The van der Waals surface area contributed by atoms with Gasteiger partial charge in [0.2, 0.25) is 0 Å². The second kappa shape index (κ2) is 6.15. The van der Waals surface area contributed by atoms with Crippen LogP contribution in [0.5, 0.6) is 0 Å². The van der Waals surface area contributed by atoms with Crippen molar-refractivity contribution in [3.05, 3.63) is 48.3 Å². The summed E-state index contributed by atoms with van der Waals surface area (Å²) in [5, 5.41) is 13.0. The average Bonchev–Trinajstić information content (AvgIpc) is 2.86. The van der Waals surface area contributed by atoms with Gasteiger partial charge >= 0.3 is 5.97 Å². The molecule has 0 aliphatic rings. The van der Waals surface area contributed by atoms with Crippen molar-refractivity contribution in [2.45, 2.75) is 25.3 Å². The fraction of sp³-hybridized carbons (Fsp3) is 0.286. The zero-order valence-corrected chi connectivity index (χ0v) is 10.6. The van der Waals surface area contributed by atoms with Gasteiger partial charge in [0, 0.05) is 25.1 Å². The van der Waals surface area contributed by atoms with Gasteiger partial charge in [-0.2, -0.15) is 5.10 Å². The van der Waals surface area contributed by atoms with E-state index in [4.69, 9.17) is 10.8 Å². The maximum Gasteiger partial charge on any atom is 0.303 e. The van der Waals surface area contributed by atoms with E-state index in [-0.39, 0.29) is 12.5 Å². The molecule has 0 spiro atoms. The summed E-state index contributed by atoms with van der Waals surface area (Å²) in [7, 11) is 0. The Morgan fingerprint density at radius 1 is 1.32 bits per heavy atom. The standard InChI is InChI=1S/C14H17N3O2/c15-11(6-7-14(18)19)10-12-8-9-17(16-12)13-4-2-1-3-5-13/h1-5,8-9,11H,6-7,10,15H2,(H,18,19). The van der Waals surface area contributed by atoms with Crippen molar-refractivity contribution < 1.29 is 9.90 Å². The molecule has 0 saturated heterocycles. The van der Waals surface area contributed by atoms with Gasteiger partial charge in [-0.25, -0.2) is 4.68 Å². The van der Waals surface area contributed by atoms with Gasteiger partial charge in [0.1, 0.15) is 0 Å². The summed E-state index contributed by atoms with van der Waals surface area (Å²) in [6, 6.07) is 11.5. The Morgan fingerprint density at radius 3 is 2.74 bits per heavy atom. The Morgan fingerprint density at radius 2 is 2.05 bits per heavy atom. The molecule has 0 aliphatic carbocycles. The SMILES string of the molecule is NC(CCC(=O)O)Cc1ccn(-c2ccccc2)n1. The molecule has 5 nitrogen and oxygen atoms in total. The summed E-state index contributed by atoms with van der Waals surface area (Å²) < 4.78 is 1.79. The Hall–Kier alpha value is -2.14. The third kappa shape index (κ3) is 3.93. The van der Waals surface area contributed by atoms with E-state index in [0.717, 1.165) is 11.4 Å². The highest BCUT2D eigenvalue weighted by Crippen LogP contribution is 2.09. The minimum Gasteiger partial charge on any atom is -0.481 e. The monoisotopic (exact) mass is 259 g/mol. The first-order valence-corrected chi connectivity index (χ1v) is 6.22. The maximum atomic E-state index is 10.5.